The smallest absolute Gasteiger partial charge is 0.328 e. The lowest BCUT2D eigenvalue weighted by Gasteiger charge is -2.24. The van der Waals surface area contributed by atoms with Crippen molar-refractivity contribution >= 4 is 29.3 Å². The predicted molar refractivity (Wildman–Crippen MR) is 134 cm³/mol. The number of nitrogens with zero attached hydrogens (tertiary/aromatic N) is 2. The Bertz CT molecular complexity index is 1070. The van der Waals surface area contributed by atoms with Gasteiger partial charge in [-0.1, -0.05) is 26.3 Å². The third-order valence-corrected chi connectivity index (χ3v) is 6.14. The van der Waals surface area contributed by atoms with E-state index in [-0.39, 0.29) is 24.6 Å². The molecule has 2 heterocycles. The van der Waals surface area contributed by atoms with Crippen molar-refractivity contribution in [3.63, 3.8) is 0 Å². The lowest BCUT2D eigenvalue weighted by atomic mass is 9.98. The van der Waals surface area contributed by atoms with Gasteiger partial charge in [-0.2, -0.15) is 0 Å². The zero-order valence-corrected chi connectivity index (χ0v) is 21.0. The molecule has 0 aliphatic rings. The number of aliphatic carboxylic acids is 1. The average molecular weight is 504 g/mol. The summed E-state index contributed by atoms with van der Waals surface area (Å²) in [7, 11) is 0. The normalized spacial score (nSPS) is 14.5. The van der Waals surface area contributed by atoms with Crippen molar-refractivity contribution in [1.82, 2.24) is 25.3 Å². The summed E-state index contributed by atoms with van der Waals surface area (Å²) < 4.78 is 1.60. The number of carbonyl (C=O) groups is 4. The van der Waals surface area contributed by atoms with Crippen LogP contribution in [0.3, 0.4) is 0 Å². The van der Waals surface area contributed by atoms with E-state index in [1.807, 2.05) is 13.8 Å². The minimum Gasteiger partial charge on any atom is -0.480 e. The zero-order chi connectivity index (χ0) is 26.8. The van der Waals surface area contributed by atoms with E-state index in [2.05, 4.69) is 20.9 Å². The van der Waals surface area contributed by atoms with Crippen molar-refractivity contribution in [2.75, 3.05) is 13.1 Å². The summed E-state index contributed by atoms with van der Waals surface area (Å²) >= 11 is 0. The SMILES string of the molecule is CC[C@@H](C)[C@H](N)C(=O)N[C@@H](CCCCN)C(=O)N[C@@H](CNC(=O)c1c(C)nc2ccccn12)C(=O)O. The molecule has 0 aliphatic heterocycles. The van der Waals surface area contributed by atoms with Crippen LogP contribution < -0.4 is 27.4 Å². The second kappa shape index (κ2) is 13.5. The standard InChI is InChI=1S/C24H37N7O5/c1-4-14(2)19(26)22(33)29-16(9-5-7-11-25)21(32)30-17(24(35)36)13-27-23(34)20-15(3)28-18-10-6-8-12-31(18)20/h6,8,10,12,14,16-17,19H,4-5,7,9,11,13,25-26H2,1-3H3,(H,27,34)(H,29,33)(H,30,32)(H,35,36)/t14-,16+,17+,19+/m1/s1. The first-order chi connectivity index (χ1) is 17.1. The largest absolute Gasteiger partial charge is 0.480 e. The number of aryl methyl sites for hydroxylation is 1. The van der Waals surface area contributed by atoms with Gasteiger partial charge in [0.15, 0.2) is 0 Å². The quantitative estimate of drug-likeness (QED) is 0.193. The zero-order valence-electron chi connectivity index (χ0n) is 21.0. The molecule has 0 bridgehead atoms. The first-order valence-electron chi connectivity index (χ1n) is 12.1. The number of pyridine rings is 1. The molecule has 0 saturated carbocycles. The number of carboxylic acids is 1. The number of hydrogen-bond acceptors (Lipinski definition) is 7. The second-order valence-electron chi connectivity index (χ2n) is 8.84. The summed E-state index contributed by atoms with van der Waals surface area (Å²) in [6.45, 7) is 5.47. The fourth-order valence-electron chi connectivity index (χ4n) is 3.68. The molecule has 3 amide bonds. The van der Waals surface area contributed by atoms with Crippen LogP contribution in [0.4, 0.5) is 0 Å². The van der Waals surface area contributed by atoms with E-state index < -0.39 is 41.8 Å². The lowest BCUT2D eigenvalue weighted by molar-refractivity contribution is -0.142. The van der Waals surface area contributed by atoms with Crippen LogP contribution >= 0.6 is 0 Å². The lowest BCUT2D eigenvalue weighted by Crippen LogP contribution is -2.57. The molecule has 0 aromatic carbocycles. The molecule has 198 valence electrons. The Kier molecular flexibility index (Phi) is 10.8. The topological polar surface area (TPSA) is 194 Å². The number of unbranched alkanes of at least 4 members (excludes halogenated alkanes) is 1. The summed E-state index contributed by atoms with van der Waals surface area (Å²) in [5.41, 5.74) is 12.9. The summed E-state index contributed by atoms with van der Waals surface area (Å²) in [6.07, 6.45) is 3.82. The summed E-state index contributed by atoms with van der Waals surface area (Å²) in [5, 5.41) is 17.3. The van der Waals surface area contributed by atoms with Gasteiger partial charge in [0.1, 0.15) is 23.4 Å². The van der Waals surface area contributed by atoms with Gasteiger partial charge in [-0.25, -0.2) is 9.78 Å². The molecule has 4 atom stereocenters. The van der Waals surface area contributed by atoms with Crippen molar-refractivity contribution in [3.8, 4) is 0 Å². The third kappa shape index (κ3) is 7.49. The summed E-state index contributed by atoms with van der Waals surface area (Å²) in [5.74, 6) is -3.12. The highest BCUT2D eigenvalue weighted by Crippen LogP contribution is 2.12. The first kappa shape index (κ1) is 28.7. The number of hydrogen-bond donors (Lipinski definition) is 6. The average Bonchev–Trinajstić information content (AvgIpc) is 3.19. The van der Waals surface area contributed by atoms with Crippen LogP contribution in [0.5, 0.6) is 0 Å². The number of carboxylic acid groups (broad SMARTS) is 1. The van der Waals surface area contributed by atoms with E-state index in [1.54, 1.807) is 35.7 Å². The maximum atomic E-state index is 13.0. The van der Waals surface area contributed by atoms with E-state index in [4.69, 9.17) is 11.5 Å². The highest BCUT2D eigenvalue weighted by atomic mass is 16.4. The fraction of sp³-hybridized carbons (Fsp3) is 0.542. The number of nitrogens with two attached hydrogens (primary N) is 2. The Morgan fingerprint density at radius 3 is 2.44 bits per heavy atom. The molecule has 36 heavy (non-hydrogen) atoms. The van der Waals surface area contributed by atoms with E-state index in [1.165, 1.54) is 0 Å². The monoisotopic (exact) mass is 503 g/mol. The Morgan fingerprint density at radius 2 is 1.81 bits per heavy atom. The summed E-state index contributed by atoms with van der Waals surface area (Å²) in [6, 6.07) is 2.07. The van der Waals surface area contributed by atoms with Crippen LogP contribution in [-0.4, -0.2) is 69.4 Å². The van der Waals surface area contributed by atoms with Crippen LogP contribution in [0.2, 0.25) is 0 Å². The Hall–Kier alpha value is -3.51. The molecule has 0 aliphatic carbocycles. The molecule has 2 aromatic rings. The molecule has 0 spiro atoms. The van der Waals surface area contributed by atoms with Gasteiger partial charge in [-0.05, 0) is 50.8 Å². The Morgan fingerprint density at radius 1 is 1.11 bits per heavy atom. The van der Waals surface area contributed by atoms with E-state index in [9.17, 15) is 24.3 Å². The molecular formula is C24H37N7O5. The summed E-state index contributed by atoms with van der Waals surface area (Å²) in [4.78, 5) is 54.5. The van der Waals surface area contributed by atoms with Gasteiger partial charge >= 0.3 is 5.97 Å². The molecule has 0 saturated heterocycles. The second-order valence-corrected chi connectivity index (χ2v) is 8.84. The van der Waals surface area contributed by atoms with E-state index in [0.717, 1.165) is 0 Å². The minimum absolute atomic E-state index is 0.0946. The number of aromatic nitrogens is 2. The Balaban J connectivity index is 2.09. The van der Waals surface area contributed by atoms with Crippen molar-refractivity contribution in [2.45, 2.75) is 64.6 Å². The molecule has 0 fully saturated rings. The number of fused-ring (bicyclic) bond motifs is 1. The maximum absolute atomic E-state index is 13.0. The van der Waals surface area contributed by atoms with Gasteiger partial charge in [0.2, 0.25) is 11.8 Å². The molecule has 12 nitrogen and oxygen atoms in total. The Labute approximate surface area is 210 Å². The predicted octanol–water partition coefficient (Wildman–Crippen LogP) is -0.0709. The van der Waals surface area contributed by atoms with Crippen LogP contribution in [0.15, 0.2) is 24.4 Å². The van der Waals surface area contributed by atoms with Crippen LogP contribution in [0, 0.1) is 12.8 Å². The van der Waals surface area contributed by atoms with E-state index in [0.29, 0.717) is 37.1 Å². The van der Waals surface area contributed by atoms with Crippen molar-refractivity contribution < 1.29 is 24.3 Å². The molecule has 8 N–H and O–H groups in total. The van der Waals surface area contributed by atoms with Crippen LogP contribution in [0.1, 0.15) is 55.7 Å². The number of imidazole rings is 1. The number of amides is 3. The minimum atomic E-state index is -1.42. The number of carbonyl (C=O) groups excluding carboxylic acids is 3. The van der Waals surface area contributed by atoms with E-state index >= 15 is 0 Å². The van der Waals surface area contributed by atoms with Gasteiger partial charge in [0.05, 0.1) is 11.7 Å². The van der Waals surface area contributed by atoms with Crippen LogP contribution in [-0.2, 0) is 14.4 Å². The molecule has 0 unspecified atom stereocenters. The van der Waals surface area contributed by atoms with Crippen molar-refractivity contribution in [1.29, 1.82) is 0 Å². The van der Waals surface area contributed by atoms with Gasteiger partial charge in [-0.15, -0.1) is 0 Å². The van der Waals surface area contributed by atoms with Gasteiger partial charge < -0.3 is 32.5 Å². The maximum Gasteiger partial charge on any atom is 0.328 e. The fourth-order valence-corrected chi connectivity index (χ4v) is 3.68. The highest BCUT2D eigenvalue weighted by molar-refractivity contribution is 5.95. The van der Waals surface area contributed by atoms with Crippen molar-refractivity contribution in [2.24, 2.45) is 17.4 Å². The molecule has 2 rings (SSSR count). The van der Waals surface area contributed by atoms with Crippen molar-refractivity contribution in [3.05, 3.63) is 35.8 Å². The number of nitrogens with one attached hydrogen (secondary N) is 3. The molecule has 12 heteroatoms. The molecule has 0 radical (unpaired) electrons. The first-order valence-corrected chi connectivity index (χ1v) is 12.1. The van der Waals surface area contributed by atoms with Gasteiger partial charge in [-0.3, -0.25) is 18.8 Å². The molecule has 2 aromatic heterocycles. The van der Waals surface area contributed by atoms with Crippen LogP contribution in [0.25, 0.3) is 5.65 Å². The highest BCUT2D eigenvalue weighted by Gasteiger charge is 2.29. The number of rotatable bonds is 14. The van der Waals surface area contributed by atoms with Gasteiger partial charge in [0, 0.05) is 12.7 Å². The molecular weight excluding hydrogens is 466 g/mol. The van der Waals surface area contributed by atoms with Gasteiger partial charge in [0.25, 0.3) is 5.91 Å². The third-order valence-electron chi connectivity index (χ3n) is 6.14.